The predicted octanol–water partition coefficient (Wildman–Crippen LogP) is 7.24. The predicted molar refractivity (Wildman–Crippen MR) is 143 cm³/mol. The van der Waals surface area contributed by atoms with E-state index in [4.69, 9.17) is 17.0 Å². The van der Waals surface area contributed by atoms with Crippen LogP contribution in [0.15, 0.2) is 91.5 Å². The van der Waals surface area contributed by atoms with Crippen LogP contribution in [0.5, 0.6) is 5.75 Å². The molecule has 4 aromatic carbocycles. The van der Waals surface area contributed by atoms with Crippen LogP contribution >= 0.6 is 12.2 Å². The maximum Gasteiger partial charge on any atom is 0.345 e. The van der Waals surface area contributed by atoms with Gasteiger partial charge in [-0.25, -0.2) is 4.79 Å². The van der Waals surface area contributed by atoms with E-state index in [1.165, 1.54) is 17.7 Å². The number of isothiocyanates is 1. The Balaban J connectivity index is 1.77. The Kier molecular flexibility index (Phi) is 7.50. The maximum atomic E-state index is 15.4. The standard InChI is InChI=1S/C30H22FNO3S/c1-3-21-15-23(22-9-12-25(33)13-10-22)11-14-26(21)24-16-27(29(28(31)17-24)32(2)19-36)30(34)35-18-20-7-5-4-6-8-20/h3-17H,1,18H2,2H3/p+1. The minimum atomic E-state index is -0.674. The number of hydrogen-bond acceptors (Lipinski definition) is 4. The number of phenolic OH excluding ortho intramolecular Hbond substituents is 1. The molecule has 0 radical (unpaired) electrons. The minimum absolute atomic E-state index is 0.00678. The number of carbonyl (C=O) groups is 1. The summed E-state index contributed by atoms with van der Waals surface area (Å²) in [4.78, 5) is 13.1. The van der Waals surface area contributed by atoms with Crippen LogP contribution in [0.3, 0.4) is 0 Å². The van der Waals surface area contributed by atoms with Gasteiger partial charge in [-0.2, -0.15) is 4.39 Å². The highest BCUT2D eigenvalue weighted by molar-refractivity contribution is 7.78. The molecule has 0 heterocycles. The second-order valence-corrected chi connectivity index (χ2v) is 8.30. The maximum absolute atomic E-state index is 15.4. The van der Waals surface area contributed by atoms with Crippen molar-refractivity contribution in [2.75, 3.05) is 7.05 Å². The van der Waals surface area contributed by atoms with E-state index < -0.39 is 11.8 Å². The molecule has 36 heavy (non-hydrogen) atoms. The number of hydrogen-bond donors (Lipinski definition) is 1. The Hall–Kier alpha value is -4.38. The third-order valence-corrected chi connectivity index (χ3v) is 6.03. The third kappa shape index (κ3) is 5.31. The van der Waals surface area contributed by atoms with E-state index in [0.29, 0.717) is 11.1 Å². The van der Waals surface area contributed by atoms with Gasteiger partial charge in [-0.1, -0.05) is 67.3 Å². The normalized spacial score (nSPS) is 10.4. The zero-order valence-corrected chi connectivity index (χ0v) is 20.4. The summed E-state index contributed by atoms with van der Waals surface area (Å²) in [5.74, 6) is -1.12. The second-order valence-electron chi connectivity index (χ2n) is 8.12. The summed E-state index contributed by atoms with van der Waals surface area (Å²) in [6.07, 6.45) is 1.68. The summed E-state index contributed by atoms with van der Waals surface area (Å²) in [7, 11) is 1.53. The van der Waals surface area contributed by atoms with Crippen molar-refractivity contribution in [2.45, 2.75) is 6.61 Å². The zero-order chi connectivity index (χ0) is 25.7. The average Bonchev–Trinajstić information content (AvgIpc) is 2.91. The molecule has 0 aliphatic rings. The fourth-order valence-electron chi connectivity index (χ4n) is 3.93. The molecular formula is C30H23FNO3S+. The number of carbonyl (C=O) groups excluding carboxylic acids is 1. The molecule has 0 aliphatic heterocycles. The topological polar surface area (TPSA) is 49.5 Å². The highest BCUT2D eigenvalue weighted by Gasteiger charge is 2.26. The first kappa shape index (κ1) is 24.7. The fourth-order valence-corrected chi connectivity index (χ4v) is 4.02. The summed E-state index contributed by atoms with van der Waals surface area (Å²) in [5, 5.41) is 12.0. The van der Waals surface area contributed by atoms with Gasteiger partial charge in [0.15, 0.2) is 5.82 Å². The number of phenols is 1. The molecule has 0 unspecified atom stereocenters. The molecule has 0 atom stereocenters. The van der Waals surface area contributed by atoms with E-state index in [2.05, 4.69) is 11.7 Å². The first-order chi connectivity index (χ1) is 17.4. The molecular weight excluding hydrogens is 473 g/mol. The second kappa shape index (κ2) is 10.9. The van der Waals surface area contributed by atoms with E-state index in [9.17, 15) is 9.90 Å². The summed E-state index contributed by atoms with van der Waals surface area (Å²) >= 11 is 4.87. The quantitative estimate of drug-likeness (QED) is 0.127. The Morgan fingerprint density at radius 2 is 1.72 bits per heavy atom. The van der Waals surface area contributed by atoms with Gasteiger partial charge in [0.25, 0.3) is 10.8 Å². The highest BCUT2D eigenvalue weighted by Crippen LogP contribution is 2.34. The van der Waals surface area contributed by atoms with Crippen LogP contribution in [-0.4, -0.2) is 27.9 Å². The number of thiocarbonyl (C=S) groups is 1. The highest BCUT2D eigenvalue weighted by atomic mass is 32.1. The Bertz CT molecular complexity index is 1490. The van der Waals surface area contributed by atoms with Crippen LogP contribution in [0.1, 0.15) is 21.5 Å². The average molecular weight is 497 g/mol. The molecule has 4 nitrogen and oxygen atoms in total. The molecule has 178 valence electrons. The lowest BCUT2D eigenvalue weighted by molar-refractivity contribution is -0.398. The van der Waals surface area contributed by atoms with Gasteiger partial charge in [-0.15, -0.1) is 4.58 Å². The molecule has 0 fully saturated rings. The van der Waals surface area contributed by atoms with Crippen LogP contribution in [0.2, 0.25) is 0 Å². The lowest BCUT2D eigenvalue weighted by Crippen LogP contribution is -2.11. The third-order valence-electron chi connectivity index (χ3n) is 5.75. The number of nitrogens with zero attached hydrogens (tertiary/aromatic N) is 1. The van der Waals surface area contributed by atoms with Crippen LogP contribution in [0.4, 0.5) is 10.1 Å². The first-order valence-electron chi connectivity index (χ1n) is 11.1. The molecule has 0 spiro atoms. The van der Waals surface area contributed by atoms with Crippen molar-refractivity contribution >= 4 is 35.1 Å². The number of benzene rings is 4. The Morgan fingerprint density at radius 3 is 2.39 bits per heavy atom. The Labute approximate surface area is 214 Å². The van der Waals surface area contributed by atoms with Gasteiger partial charge in [0.05, 0.1) is 0 Å². The van der Waals surface area contributed by atoms with Gasteiger partial charge >= 0.3 is 5.97 Å². The van der Waals surface area contributed by atoms with E-state index >= 15 is 4.39 Å². The number of rotatable bonds is 7. The van der Waals surface area contributed by atoms with Crippen molar-refractivity contribution < 1.29 is 23.6 Å². The molecule has 6 heteroatoms. The first-order valence-corrected chi connectivity index (χ1v) is 11.5. The van der Waals surface area contributed by atoms with Gasteiger partial charge in [0.1, 0.15) is 25.0 Å². The van der Waals surface area contributed by atoms with E-state index in [1.807, 2.05) is 60.7 Å². The largest absolute Gasteiger partial charge is 0.508 e. The van der Waals surface area contributed by atoms with Crippen molar-refractivity contribution in [1.82, 2.24) is 0 Å². The van der Waals surface area contributed by atoms with Crippen molar-refractivity contribution in [3.05, 3.63) is 114 Å². The van der Waals surface area contributed by atoms with Gasteiger partial charge in [0.2, 0.25) is 0 Å². The molecule has 0 amide bonds. The molecule has 1 N–H and O–H groups in total. The number of ether oxygens (including phenoxy) is 1. The van der Waals surface area contributed by atoms with Crippen molar-refractivity contribution in [1.29, 1.82) is 0 Å². The fraction of sp³-hybridized carbons (Fsp3) is 0.0667. The molecule has 0 aliphatic carbocycles. The summed E-state index contributed by atoms with van der Waals surface area (Å²) in [5.41, 5.74) is 4.61. The van der Waals surface area contributed by atoms with Gasteiger partial charge in [0, 0.05) is 12.2 Å². The lowest BCUT2D eigenvalue weighted by Gasteiger charge is -2.13. The van der Waals surface area contributed by atoms with Crippen LogP contribution < -0.4 is 0 Å². The number of aromatic hydroxyl groups is 1. The van der Waals surface area contributed by atoms with Crippen LogP contribution in [0, 0.1) is 5.82 Å². The van der Waals surface area contributed by atoms with Crippen molar-refractivity contribution in [2.24, 2.45) is 0 Å². The van der Waals surface area contributed by atoms with E-state index in [0.717, 1.165) is 22.3 Å². The molecule has 4 aromatic rings. The summed E-state index contributed by atoms with van der Waals surface area (Å²) < 4.78 is 22.2. The Morgan fingerprint density at radius 1 is 1.03 bits per heavy atom. The molecule has 0 bridgehead atoms. The van der Waals surface area contributed by atoms with Crippen LogP contribution in [-0.2, 0) is 11.3 Å². The molecule has 4 rings (SSSR count). The smallest absolute Gasteiger partial charge is 0.345 e. The molecule has 0 saturated heterocycles. The number of halogens is 1. The molecule has 0 saturated carbocycles. The van der Waals surface area contributed by atoms with Crippen molar-refractivity contribution in [3.63, 3.8) is 0 Å². The lowest BCUT2D eigenvalue weighted by atomic mass is 9.93. The van der Waals surface area contributed by atoms with Gasteiger partial charge in [-0.3, -0.25) is 0 Å². The summed E-state index contributed by atoms with van der Waals surface area (Å²) in [6, 6.07) is 24.7. The minimum Gasteiger partial charge on any atom is -0.508 e. The van der Waals surface area contributed by atoms with Gasteiger partial charge < -0.3 is 9.84 Å². The summed E-state index contributed by atoms with van der Waals surface area (Å²) in [6.45, 7) is 3.96. The van der Waals surface area contributed by atoms with Crippen LogP contribution in [0.25, 0.3) is 28.3 Å². The van der Waals surface area contributed by atoms with Gasteiger partial charge in [-0.05, 0) is 63.7 Å². The number of esters is 1. The van der Waals surface area contributed by atoms with Crippen molar-refractivity contribution in [3.8, 4) is 28.0 Å². The molecule has 0 aromatic heterocycles. The SMILES string of the molecule is C=Cc1cc(-c2ccc(O)cc2)ccc1-c1cc(F)c([N+](C)=C=S)c(C(=O)OCc2ccccc2)c1. The zero-order valence-electron chi connectivity index (χ0n) is 19.6. The monoisotopic (exact) mass is 496 g/mol. The van der Waals surface area contributed by atoms with E-state index in [-0.39, 0.29) is 23.6 Å². The van der Waals surface area contributed by atoms with E-state index in [1.54, 1.807) is 24.3 Å².